The number of aliphatic carboxylic acids is 2. The number of carbonyl (C=O) groups is 4. The molecule has 1 unspecified atom stereocenters. The fourth-order valence-electron chi connectivity index (χ4n) is 5.09. The Morgan fingerprint density at radius 3 is 2.53 bits per heavy atom. The molecule has 228 valence electrons. The zero-order valence-electron chi connectivity index (χ0n) is 22.5. The van der Waals surface area contributed by atoms with Crippen molar-refractivity contribution >= 4 is 57.7 Å². The van der Waals surface area contributed by atoms with Gasteiger partial charge in [-0.2, -0.15) is 0 Å². The van der Waals surface area contributed by atoms with E-state index in [1.165, 1.54) is 29.3 Å². The summed E-state index contributed by atoms with van der Waals surface area (Å²) in [6.07, 6.45) is 1.67. The molecule has 5 rings (SSSR count). The molecule has 2 aromatic rings. The molecule has 2 atom stereocenters. The summed E-state index contributed by atoms with van der Waals surface area (Å²) < 4.78 is 0. The molecule has 43 heavy (non-hydrogen) atoms. The number of rotatable bonds is 11. The Bertz CT molecular complexity index is 1530. The Hall–Kier alpha value is -4.35. The highest BCUT2D eigenvalue weighted by atomic mass is 32.2. The second-order valence-electron chi connectivity index (χ2n) is 10.2. The quantitative estimate of drug-likeness (QED) is 0.0786. The number of fused-ring (bicyclic) bond motifs is 1. The minimum absolute atomic E-state index is 0.0416. The van der Waals surface area contributed by atoms with Crippen LogP contribution >= 0.6 is 23.1 Å². The minimum Gasteiger partial charge on any atom is -0.504 e. The molecule has 2 fully saturated rings. The summed E-state index contributed by atoms with van der Waals surface area (Å²) in [5.74, 6) is -4.28. The second kappa shape index (κ2) is 12.1. The van der Waals surface area contributed by atoms with Crippen molar-refractivity contribution in [2.24, 2.45) is 5.16 Å². The molecular weight excluding hydrogens is 604 g/mol. The van der Waals surface area contributed by atoms with Crippen molar-refractivity contribution in [2.75, 3.05) is 18.0 Å². The van der Waals surface area contributed by atoms with Crippen LogP contribution < -0.4 is 16.4 Å². The summed E-state index contributed by atoms with van der Waals surface area (Å²) in [6, 6.07) is 3.24. The number of aromatic hydroxyl groups is 2. The average molecular weight is 633 g/mol. The highest BCUT2D eigenvalue weighted by molar-refractivity contribution is 8.00. The molecule has 2 amide bonds. The first-order chi connectivity index (χ1) is 20.5. The smallest absolute Gasteiger partial charge is 0.352 e. The van der Waals surface area contributed by atoms with Crippen LogP contribution in [0.3, 0.4) is 0 Å². The van der Waals surface area contributed by atoms with Gasteiger partial charge in [0.1, 0.15) is 22.8 Å². The molecule has 0 radical (unpaired) electrons. The van der Waals surface area contributed by atoms with E-state index in [-0.39, 0.29) is 65.4 Å². The van der Waals surface area contributed by atoms with Crippen molar-refractivity contribution in [2.45, 2.75) is 49.2 Å². The number of nitrogens with one attached hydrogen (secondary N) is 2. The van der Waals surface area contributed by atoms with Gasteiger partial charge in [0.25, 0.3) is 11.8 Å². The van der Waals surface area contributed by atoms with Crippen LogP contribution in [-0.4, -0.2) is 89.1 Å². The topological polar surface area (TPSA) is 237 Å². The second-order valence-corrected chi connectivity index (χ2v) is 12.1. The first-order valence-corrected chi connectivity index (χ1v) is 15.1. The van der Waals surface area contributed by atoms with E-state index >= 15 is 0 Å². The van der Waals surface area contributed by atoms with Crippen LogP contribution in [0.25, 0.3) is 0 Å². The molecule has 8 N–H and O–H groups in total. The number of phenols is 2. The van der Waals surface area contributed by atoms with Crippen molar-refractivity contribution in [3.8, 4) is 11.5 Å². The predicted octanol–water partition coefficient (Wildman–Crippen LogP) is 0.783. The van der Waals surface area contributed by atoms with Crippen LogP contribution in [0.5, 0.6) is 11.5 Å². The number of carbonyl (C=O) groups excluding carboxylic acids is 2. The van der Waals surface area contributed by atoms with Gasteiger partial charge < -0.3 is 41.6 Å². The lowest BCUT2D eigenvalue weighted by molar-refractivity contribution is -0.165. The van der Waals surface area contributed by atoms with Gasteiger partial charge in [0, 0.05) is 37.1 Å². The molecule has 1 aliphatic carbocycles. The Kier molecular flexibility index (Phi) is 8.48. The number of nitrogens with two attached hydrogens (primary N) is 1. The van der Waals surface area contributed by atoms with Gasteiger partial charge in [-0.3, -0.25) is 14.5 Å². The number of thiazole rings is 1. The number of amides is 2. The summed E-state index contributed by atoms with van der Waals surface area (Å²) in [5.41, 5.74) is 4.76. The van der Waals surface area contributed by atoms with E-state index in [0.717, 1.165) is 16.2 Å². The zero-order chi connectivity index (χ0) is 30.9. The number of oxime groups is 1. The van der Waals surface area contributed by atoms with E-state index in [9.17, 15) is 39.6 Å². The molecule has 0 bridgehead atoms. The van der Waals surface area contributed by atoms with Crippen molar-refractivity contribution in [1.82, 2.24) is 20.5 Å². The number of benzene rings is 1. The maximum atomic E-state index is 13.4. The molecule has 1 aromatic heterocycles. The Morgan fingerprint density at radius 1 is 1.16 bits per heavy atom. The molecule has 17 heteroatoms. The van der Waals surface area contributed by atoms with Gasteiger partial charge in [0.2, 0.25) is 5.60 Å². The number of phenolic OH excluding ortho intramolecular Hbond substituents is 2. The van der Waals surface area contributed by atoms with Crippen molar-refractivity contribution in [3.63, 3.8) is 0 Å². The standard InChI is InChI=1S/C26H28N6O9S2/c27-25-29-14(11-43-25)17(31-41-26(24(39)40)5-1-2-6-26)20(35)30-18-21(36)32-19(23(37)38)13(10-42-22(18)32)9-28-8-12-3-4-15(33)16(34)7-12/h3-4,7,11,18,22,28,33-34H,1-2,5-6,8-10H2,(H2,27,29)(H,30,35)(H,37,38)(H,39,40)/t18?,22-/m0/s1. The van der Waals surface area contributed by atoms with E-state index in [1.54, 1.807) is 6.07 Å². The first-order valence-electron chi connectivity index (χ1n) is 13.1. The third-order valence-electron chi connectivity index (χ3n) is 7.34. The maximum Gasteiger partial charge on any atom is 0.352 e. The predicted molar refractivity (Wildman–Crippen MR) is 154 cm³/mol. The largest absolute Gasteiger partial charge is 0.504 e. The fourth-order valence-corrected chi connectivity index (χ4v) is 6.98. The third-order valence-corrected chi connectivity index (χ3v) is 9.35. The minimum atomic E-state index is -1.58. The normalized spacial score (nSPS) is 21.3. The summed E-state index contributed by atoms with van der Waals surface area (Å²) in [4.78, 5) is 61.3. The van der Waals surface area contributed by atoms with Crippen LogP contribution in [-0.2, 0) is 30.6 Å². The highest BCUT2D eigenvalue weighted by Crippen LogP contribution is 2.40. The maximum absolute atomic E-state index is 13.4. The summed E-state index contributed by atoms with van der Waals surface area (Å²) in [7, 11) is 0. The number of hydrogen-bond donors (Lipinski definition) is 7. The monoisotopic (exact) mass is 632 g/mol. The van der Waals surface area contributed by atoms with Crippen LogP contribution in [0.2, 0.25) is 0 Å². The number of nitrogen functional groups attached to an aromatic ring is 1. The molecule has 3 aliphatic rings. The molecule has 0 spiro atoms. The molecule has 1 saturated carbocycles. The lowest BCUT2D eigenvalue weighted by atomic mass is 10.0. The van der Waals surface area contributed by atoms with Gasteiger partial charge >= 0.3 is 11.9 Å². The number of anilines is 1. The number of aromatic nitrogens is 1. The van der Waals surface area contributed by atoms with Crippen LogP contribution in [0.1, 0.15) is 36.9 Å². The SMILES string of the molecule is Nc1nc(C(=NOC2(C(=O)O)CCCC2)C(=O)NC2C(=O)N3C(C(=O)O)=C(CNCc4ccc(O)c(O)c4)CS[C@@H]23)cs1. The zero-order valence-corrected chi connectivity index (χ0v) is 24.1. The van der Waals surface area contributed by atoms with Crippen molar-refractivity contribution in [3.05, 3.63) is 46.1 Å². The Labute approximate surface area is 252 Å². The lowest BCUT2D eigenvalue weighted by Gasteiger charge is -2.49. The number of β-lactam (4-membered cyclic amide) rings is 1. The van der Waals surface area contributed by atoms with Gasteiger partial charge in [-0.1, -0.05) is 11.2 Å². The lowest BCUT2D eigenvalue weighted by Crippen LogP contribution is -2.71. The van der Waals surface area contributed by atoms with E-state index in [1.807, 2.05) is 0 Å². The Morgan fingerprint density at radius 2 is 1.91 bits per heavy atom. The van der Waals surface area contributed by atoms with Crippen LogP contribution in [0.15, 0.2) is 40.0 Å². The molecule has 3 heterocycles. The van der Waals surface area contributed by atoms with Gasteiger partial charge in [-0.15, -0.1) is 23.1 Å². The molecule has 1 saturated heterocycles. The summed E-state index contributed by atoms with van der Waals surface area (Å²) >= 11 is 2.30. The fraction of sp³-hybridized carbons (Fsp3) is 0.385. The summed E-state index contributed by atoms with van der Waals surface area (Å²) in [6.45, 7) is 0.397. The first kappa shape index (κ1) is 30.1. The van der Waals surface area contributed by atoms with Gasteiger partial charge in [0.15, 0.2) is 22.3 Å². The van der Waals surface area contributed by atoms with E-state index < -0.39 is 40.8 Å². The van der Waals surface area contributed by atoms with E-state index in [2.05, 4.69) is 20.8 Å². The average Bonchev–Trinajstić information content (AvgIpc) is 3.63. The molecule has 15 nitrogen and oxygen atoms in total. The highest BCUT2D eigenvalue weighted by Gasteiger charge is 2.54. The molecular formula is C26H28N6O9S2. The number of nitrogens with zero attached hydrogens (tertiary/aromatic N) is 3. The van der Waals surface area contributed by atoms with Crippen molar-refractivity contribution in [1.29, 1.82) is 0 Å². The van der Waals surface area contributed by atoms with E-state index in [4.69, 9.17) is 10.6 Å². The molecule has 1 aromatic carbocycles. The van der Waals surface area contributed by atoms with Gasteiger partial charge in [0.05, 0.1) is 0 Å². The third kappa shape index (κ3) is 5.95. The number of hydrogen-bond acceptors (Lipinski definition) is 13. The number of carboxylic acids is 2. The van der Waals surface area contributed by atoms with Crippen molar-refractivity contribution < 1.29 is 44.4 Å². The van der Waals surface area contributed by atoms with Gasteiger partial charge in [-0.25, -0.2) is 14.6 Å². The van der Waals surface area contributed by atoms with Crippen LogP contribution in [0.4, 0.5) is 5.13 Å². The number of thioether (sulfide) groups is 1. The van der Waals surface area contributed by atoms with E-state index in [0.29, 0.717) is 24.0 Å². The van der Waals surface area contributed by atoms with Crippen LogP contribution in [0, 0.1) is 0 Å². The Balaban J connectivity index is 1.29. The molecule has 2 aliphatic heterocycles. The summed E-state index contributed by atoms with van der Waals surface area (Å²) in [5, 5.41) is 49.2. The number of carboxylic acid groups (broad SMARTS) is 2. The van der Waals surface area contributed by atoms with Gasteiger partial charge in [-0.05, 0) is 36.1 Å².